The smallest absolute Gasteiger partial charge is 0.319 e. The lowest BCUT2D eigenvalue weighted by atomic mass is 10.1. The van der Waals surface area contributed by atoms with Crippen LogP contribution in [-0.4, -0.2) is 35.6 Å². The molecule has 1 unspecified atom stereocenters. The zero-order valence-corrected chi connectivity index (χ0v) is 12.7. The van der Waals surface area contributed by atoms with Gasteiger partial charge in [0.1, 0.15) is 5.69 Å². The summed E-state index contributed by atoms with van der Waals surface area (Å²) in [5.41, 5.74) is 2.97. The van der Waals surface area contributed by atoms with Gasteiger partial charge in [-0.1, -0.05) is 0 Å². The molecule has 1 atom stereocenters. The fraction of sp³-hybridized carbons (Fsp3) is 0.500. The van der Waals surface area contributed by atoms with Gasteiger partial charge in [0.25, 0.3) is 0 Å². The maximum Gasteiger partial charge on any atom is 0.319 e. The Labute approximate surface area is 126 Å². The number of thiazole rings is 1. The van der Waals surface area contributed by atoms with Crippen LogP contribution in [0.5, 0.6) is 0 Å². The maximum absolute atomic E-state index is 11.5. The van der Waals surface area contributed by atoms with Gasteiger partial charge in [0, 0.05) is 19.1 Å². The van der Waals surface area contributed by atoms with Crippen LogP contribution in [0.25, 0.3) is 10.2 Å². The van der Waals surface area contributed by atoms with Gasteiger partial charge >= 0.3 is 5.69 Å². The largest absolute Gasteiger partial charge is 0.365 e. The summed E-state index contributed by atoms with van der Waals surface area (Å²) in [5, 5.41) is 15.0. The van der Waals surface area contributed by atoms with E-state index in [1.54, 1.807) is 5.51 Å². The number of anilines is 1. The Morgan fingerprint density at radius 3 is 3.10 bits per heavy atom. The number of hydrogen-bond acceptors (Lipinski definition) is 6. The zero-order valence-electron chi connectivity index (χ0n) is 11.9. The molecule has 0 bridgehead atoms. The van der Waals surface area contributed by atoms with E-state index in [2.05, 4.69) is 15.2 Å². The Balaban J connectivity index is 2.00. The number of benzene rings is 1. The molecule has 0 spiro atoms. The number of nitrogens with one attached hydrogen (secondary N) is 1. The second kappa shape index (κ2) is 5.95. The normalized spacial score (nSPS) is 18.2. The average Bonchev–Trinajstić information content (AvgIpc) is 3.14. The molecule has 6 nitrogen and oxygen atoms in total. The minimum absolute atomic E-state index is 0.133. The van der Waals surface area contributed by atoms with Gasteiger partial charge in [-0.3, -0.25) is 10.1 Å². The Morgan fingerprint density at radius 2 is 2.43 bits per heavy atom. The molecule has 1 aromatic carbocycles. The van der Waals surface area contributed by atoms with Crippen molar-refractivity contribution in [3.63, 3.8) is 0 Å². The molecule has 0 amide bonds. The number of rotatable bonds is 5. The van der Waals surface area contributed by atoms with Gasteiger partial charge in [-0.25, -0.2) is 4.98 Å². The van der Waals surface area contributed by atoms with Gasteiger partial charge < -0.3 is 10.2 Å². The summed E-state index contributed by atoms with van der Waals surface area (Å²) >= 11 is 1.43. The lowest BCUT2D eigenvalue weighted by molar-refractivity contribution is -0.382. The maximum atomic E-state index is 11.5. The molecule has 1 N–H and O–H groups in total. The fourth-order valence-corrected chi connectivity index (χ4v) is 3.60. The molecular weight excluding hydrogens is 288 g/mol. The van der Waals surface area contributed by atoms with E-state index >= 15 is 0 Å². The van der Waals surface area contributed by atoms with Crippen molar-refractivity contribution in [3.8, 4) is 0 Å². The molecule has 3 rings (SSSR count). The van der Waals surface area contributed by atoms with Gasteiger partial charge in [-0.05, 0) is 38.4 Å². The van der Waals surface area contributed by atoms with Crippen LogP contribution in [0.1, 0.15) is 19.8 Å². The molecule has 0 saturated carbocycles. The van der Waals surface area contributed by atoms with E-state index in [9.17, 15) is 10.1 Å². The summed E-state index contributed by atoms with van der Waals surface area (Å²) in [5.74, 6) is 0. The van der Waals surface area contributed by atoms with E-state index in [1.165, 1.54) is 17.8 Å². The highest BCUT2D eigenvalue weighted by Gasteiger charge is 2.26. The third-order valence-corrected chi connectivity index (χ3v) is 4.76. The number of nitro benzene ring substituents is 1. The SMILES string of the molecule is CCN(CC1CCCN1)c1ccc2scnc2c1[N+](=O)[O-]. The lowest BCUT2D eigenvalue weighted by Gasteiger charge is -2.26. The van der Waals surface area contributed by atoms with Gasteiger partial charge in [-0.2, -0.15) is 0 Å². The molecule has 2 aromatic rings. The van der Waals surface area contributed by atoms with Gasteiger partial charge in [-0.15, -0.1) is 11.3 Å². The highest BCUT2D eigenvalue weighted by atomic mass is 32.1. The minimum atomic E-state index is -0.303. The molecule has 21 heavy (non-hydrogen) atoms. The van der Waals surface area contributed by atoms with Crippen molar-refractivity contribution in [2.24, 2.45) is 0 Å². The average molecular weight is 306 g/mol. The molecule has 1 aliphatic heterocycles. The summed E-state index contributed by atoms with van der Waals surface area (Å²) in [6, 6.07) is 4.20. The summed E-state index contributed by atoms with van der Waals surface area (Å²) in [6.45, 7) is 4.61. The first-order valence-corrected chi connectivity index (χ1v) is 8.07. The van der Waals surface area contributed by atoms with E-state index in [4.69, 9.17) is 0 Å². The van der Waals surface area contributed by atoms with Crippen molar-refractivity contribution in [3.05, 3.63) is 27.8 Å². The van der Waals surface area contributed by atoms with Crippen molar-refractivity contribution in [2.45, 2.75) is 25.8 Å². The fourth-order valence-electron chi connectivity index (χ4n) is 2.92. The predicted molar refractivity (Wildman–Crippen MR) is 85.2 cm³/mol. The molecule has 1 fully saturated rings. The van der Waals surface area contributed by atoms with Crippen LogP contribution < -0.4 is 10.2 Å². The number of fused-ring (bicyclic) bond motifs is 1. The number of aromatic nitrogens is 1. The molecule has 2 heterocycles. The molecule has 0 radical (unpaired) electrons. The number of nitrogens with zero attached hydrogens (tertiary/aromatic N) is 3. The van der Waals surface area contributed by atoms with Gasteiger partial charge in [0.05, 0.1) is 15.1 Å². The third-order valence-electron chi connectivity index (χ3n) is 3.96. The molecular formula is C14H18N4O2S. The second-order valence-corrected chi connectivity index (χ2v) is 6.11. The third kappa shape index (κ3) is 2.71. The molecule has 112 valence electrons. The van der Waals surface area contributed by atoms with Crippen LogP contribution in [0, 0.1) is 10.1 Å². The van der Waals surface area contributed by atoms with Crippen LogP contribution in [0.15, 0.2) is 17.6 Å². The summed E-state index contributed by atoms with van der Waals surface area (Å²) < 4.78 is 0.862. The Kier molecular flexibility index (Phi) is 4.03. The topological polar surface area (TPSA) is 71.3 Å². The van der Waals surface area contributed by atoms with Crippen LogP contribution >= 0.6 is 11.3 Å². The molecule has 1 saturated heterocycles. The van der Waals surface area contributed by atoms with E-state index < -0.39 is 0 Å². The molecule has 7 heteroatoms. The quantitative estimate of drug-likeness (QED) is 0.679. The van der Waals surface area contributed by atoms with E-state index in [-0.39, 0.29) is 10.6 Å². The Morgan fingerprint density at radius 1 is 1.57 bits per heavy atom. The van der Waals surface area contributed by atoms with Crippen LogP contribution in [0.4, 0.5) is 11.4 Å². The molecule has 1 aliphatic rings. The Hall–Kier alpha value is -1.73. The monoisotopic (exact) mass is 306 g/mol. The van der Waals surface area contributed by atoms with Crippen molar-refractivity contribution in [2.75, 3.05) is 24.5 Å². The molecule has 0 aliphatic carbocycles. The highest BCUT2D eigenvalue weighted by molar-refractivity contribution is 7.16. The summed E-state index contributed by atoms with van der Waals surface area (Å²) in [4.78, 5) is 17.5. The van der Waals surface area contributed by atoms with Crippen molar-refractivity contribution < 1.29 is 4.92 Å². The Bertz CT molecular complexity index is 651. The number of hydrogen-bond donors (Lipinski definition) is 1. The van der Waals surface area contributed by atoms with Crippen molar-refractivity contribution >= 4 is 32.9 Å². The lowest BCUT2D eigenvalue weighted by Crippen LogP contribution is -2.37. The van der Waals surface area contributed by atoms with Gasteiger partial charge in [0.2, 0.25) is 0 Å². The van der Waals surface area contributed by atoms with Crippen molar-refractivity contribution in [1.82, 2.24) is 10.3 Å². The standard InChI is InChI=1S/C14H18N4O2S/c1-2-17(8-10-4-3-7-15-10)11-5-6-12-13(16-9-21-12)14(11)18(19)20/h5-6,9-10,15H,2-4,7-8H2,1H3. The minimum Gasteiger partial charge on any atom is -0.365 e. The first-order valence-electron chi connectivity index (χ1n) is 7.19. The second-order valence-electron chi connectivity index (χ2n) is 5.22. The highest BCUT2D eigenvalue weighted by Crippen LogP contribution is 2.36. The van der Waals surface area contributed by atoms with Gasteiger partial charge in [0.15, 0.2) is 5.52 Å². The van der Waals surface area contributed by atoms with Crippen LogP contribution in [-0.2, 0) is 0 Å². The summed E-state index contributed by atoms with van der Waals surface area (Å²) in [6.07, 6.45) is 2.30. The predicted octanol–water partition coefficient (Wildman–Crippen LogP) is 2.78. The number of likely N-dealkylation sites (N-methyl/N-ethyl adjacent to an activating group) is 1. The first kappa shape index (κ1) is 14.2. The van der Waals surface area contributed by atoms with E-state index in [1.807, 2.05) is 19.1 Å². The van der Waals surface area contributed by atoms with Crippen LogP contribution in [0.2, 0.25) is 0 Å². The van der Waals surface area contributed by atoms with E-state index in [0.717, 1.165) is 30.8 Å². The van der Waals surface area contributed by atoms with Crippen molar-refractivity contribution in [1.29, 1.82) is 0 Å². The van der Waals surface area contributed by atoms with Crippen LogP contribution in [0.3, 0.4) is 0 Å². The van der Waals surface area contributed by atoms with E-state index in [0.29, 0.717) is 17.2 Å². The zero-order chi connectivity index (χ0) is 14.8. The number of nitro groups is 1. The first-order chi connectivity index (χ1) is 10.2. The molecule has 1 aromatic heterocycles. The summed E-state index contributed by atoms with van der Waals surface area (Å²) in [7, 11) is 0.